The summed E-state index contributed by atoms with van der Waals surface area (Å²) in [4.78, 5) is 1.53. The van der Waals surface area contributed by atoms with Crippen LogP contribution in [0.3, 0.4) is 0 Å². The number of furan rings is 1. The minimum Gasteiger partial charge on any atom is -0.460 e. The lowest BCUT2D eigenvalue weighted by Gasteiger charge is -2.26. The molecular weight excluding hydrogens is 432 g/mol. The first-order valence-corrected chi connectivity index (χ1v) is 13.3. The highest BCUT2D eigenvalue weighted by Crippen LogP contribution is 2.44. The minimum atomic E-state index is 0.0433. The average molecular weight is 477 g/mol. The van der Waals surface area contributed by atoms with Crippen molar-refractivity contribution in [2.45, 2.75) is 105 Å². The summed E-state index contributed by atoms with van der Waals surface area (Å²) in [6.07, 6.45) is 0. The van der Waals surface area contributed by atoms with Crippen molar-refractivity contribution in [2.75, 3.05) is 0 Å². The van der Waals surface area contributed by atoms with Crippen LogP contribution in [0, 0.1) is 0 Å². The predicted molar refractivity (Wildman–Crippen MR) is 153 cm³/mol. The lowest BCUT2D eigenvalue weighted by molar-refractivity contribution is 0.409. The van der Waals surface area contributed by atoms with Crippen LogP contribution in [0.25, 0.3) is 21.1 Å². The molecule has 0 spiro atoms. The number of thiophene rings is 1. The lowest BCUT2D eigenvalue weighted by Crippen LogP contribution is -2.20. The third-order valence-corrected chi connectivity index (χ3v) is 7.65. The van der Waals surface area contributed by atoms with Gasteiger partial charge in [-0.1, -0.05) is 119 Å². The molecule has 0 fully saturated rings. The van der Waals surface area contributed by atoms with Gasteiger partial charge in [-0.2, -0.15) is 0 Å². The van der Waals surface area contributed by atoms with Crippen molar-refractivity contribution in [3.05, 3.63) is 70.3 Å². The summed E-state index contributed by atoms with van der Waals surface area (Å²) in [5.74, 6) is 1.12. The molecule has 4 aromatic rings. The second-order valence-corrected chi connectivity index (χ2v) is 14.7. The van der Waals surface area contributed by atoms with E-state index in [9.17, 15) is 0 Å². The van der Waals surface area contributed by atoms with E-state index in [1.54, 1.807) is 0 Å². The number of para-hydroxylation sites is 1. The van der Waals surface area contributed by atoms with Gasteiger partial charge in [0.05, 0.1) is 0 Å². The fourth-order valence-electron chi connectivity index (χ4n) is 4.64. The molecule has 0 aliphatic rings. The first kappa shape index (κ1) is 26.5. The molecule has 2 heteroatoms. The van der Waals surface area contributed by atoms with Gasteiger partial charge in [0.2, 0.25) is 0 Å². The highest BCUT2D eigenvalue weighted by molar-refractivity contribution is 7.19. The molecule has 2 aromatic heterocycles. The molecule has 4 rings (SSSR count). The second kappa shape index (κ2) is 8.86. The van der Waals surface area contributed by atoms with Crippen LogP contribution in [0.1, 0.15) is 105 Å². The van der Waals surface area contributed by atoms with Crippen molar-refractivity contribution in [1.29, 1.82) is 0 Å². The quantitative estimate of drug-likeness (QED) is 0.246. The smallest absolute Gasteiger partial charge is 0.134 e. The largest absolute Gasteiger partial charge is 0.460 e. The maximum atomic E-state index is 6.09. The molecule has 0 N–H and O–H groups in total. The molecule has 34 heavy (non-hydrogen) atoms. The maximum absolute atomic E-state index is 6.09. The SMILES string of the molecule is CC(C)(C)c1oc2ccccc2c1C(C)(C)C.CC(C)(C)c1sc2ccccc2c1C(C)(C)C. The van der Waals surface area contributed by atoms with Gasteiger partial charge >= 0.3 is 0 Å². The second-order valence-electron chi connectivity index (χ2n) is 13.6. The van der Waals surface area contributed by atoms with Crippen LogP contribution in [-0.2, 0) is 21.7 Å². The summed E-state index contributed by atoms with van der Waals surface area (Å²) < 4.78 is 7.51. The van der Waals surface area contributed by atoms with Crippen molar-refractivity contribution in [2.24, 2.45) is 0 Å². The van der Waals surface area contributed by atoms with E-state index in [0.29, 0.717) is 0 Å². The van der Waals surface area contributed by atoms with Gasteiger partial charge in [0.15, 0.2) is 0 Å². The van der Waals surface area contributed by atoms with E-state index < -0.39 is 0 Å². The zero-order valence-electron chi connectivity index (χ0n) is 23.4. The van der Waals surface area contributed by atoms with Crippen LogP contribution in [0.5, 0.6) is 0 Å². The van der Waals surface area contributed by atoms with E-state index in [1.807, 2.05) is 17.4 Å². The number of fused-ring (bicyclic) bond motifs is 2. The first-order valence-electron chi connectivity index (χ1n) is 12.5. The molecule has 0 radical (unpaired) electrons. The molecule has 184 valence electrons. The van der Waals surface area contributed by atoms with Gasteiger partial charge < -0.3 is 4.42 Å². The fourth-order valence-corrected chi connectivity index (χ4v) is 6.11. The summed E-state index contributed by atoms with van der Waals surface area (Å²) in [6, 6.07) is 17.1. The Hall–Kier alpha value is -2.06. The van der Waals surface area contributed by atoms with Gasteiger partial charge in [0.1, 0.15) is 11.3 Å². The topological polar surface area (TPSA) is 13.1 Å². The van der Waals surface area contributed by atoms with Gasteiger partial charge in [0.25, 0.3) is 0 Å². The van der Waals surface area contributed by atoms with E-state index in [0.717, 1.165) is 11.3 Å². The van der Waals surface area contributed by atoms with Gasteiger partial charge in [-0.15, -0.1) is 11.3 Å². The summed E-state index contributed by atoms with van der Waals surface area (Å²) in [6.45, 7) is 27.3. The third kappa shape index (κ3) is 5.43. The van der Waals surface area contributed by atoms with Gasteiger partial charge in [-0.3, -0.25) is 0 Å². The van der Waals surface area contributed by atoms with Crippen LogP contribution in [0.2, 0.25) is 0 Å². The molecule has 0 atom stereocenters. The molecule has 0 unspecified atom stereocenters. The van der Waals surface area contributed by atoms with E-state index in [2.05, 4.69) is 126 Å². The Kier molecular flexibility index (Phi) is 6.92. The Balaban J connectivity index is 0.000000191. The third-order valence-electron chi connectivity index (χ3n) is 6.05. The molecule has 0 saturated carbocycles. The van der Waals surface area contributed by atoms with Crippen molar-refractivity contribution >= 4 is 32.4 Å². The zero-order chi connectivity index (χ0) is 25.7. The van der Waals surface area contributed by atoms with Gasteiger partial charge in [-0.25, -0.2) is 0 Å². The van der Waals surface area contributed by atoms with Crippen molar-refractivity contribution in [3.8, 4) is 0 Å². The Morgan fingerprint density at radius 2 is 1.03 bits per heavy atom. The first-order chi connectivity index (χ1) is 15.4. The Labute approximate surface area is 211 Å². The Morgan fingerprint density at radius 3 is 1.53 bits per heavy atom. The molecule has 1 nitrogen and oxygen atoms in total. The molecule has 0 amide bonds. The lowest BCUT2D eigenvalue weighted by atomic mass is 9.79. The summed E-state index contributed by atoms with van der Waals surface area (Å²) in [5.41, 5.74) is 4.47. The van der Waals surface area contributed by atoms with Gasteiger partial charge in [-0.05, 0) is 39.3 Å². The van der Waals surface area contributed by atoms with E-state index >= 15 is 0 Å². The fraction of sp³-hybridized carbons (Fsp3) is 0.500. The number of rotatable bonds is 0. The van der Waals surface area contributed by atoms with Crippen LogP contribution in [0.4, 0.5) is 0 Å². The van der Waals surface area contributed by atoms with Gasteiger partial charge in [0, 0.05) is 25.9 Å². The van der Waals surface area contributed by atoms with E-state index in [-0.39, 0.29) is 21.7 Å². The highest BCUT2D eigenvalue weighted by Gasteiger charge is 2.31. The molecule has 2 heterocycles. The Bertz CT molecular complexity index is 1170. The molecule has 0 aliphatic heterocycles. The molecule has 0 saturated heterocycles. The normalized spacial score (nSPS) is 13.3. The number of benzene rings is 2. The standard InChI is InChI=1S/C16H22O.C16H22S/c2*1-15(2,3)13-11-9-7-8-10-12(11)17-14(13)16(4,5)6/h2*7-10H,1-6H3. The van der Waals surface area contributed by atoms with E-state index in [1.165, 1.54) is 31.5 Å². The zero-order valence-corrected chi connectivity index (χ0v) is 24.3. The molecule has 2 aromatic carbocycles. The minimum absolute atomic E-state index is 0.0433. The van der Waals surface area contributed by atoms with E-state index in [4.69, 9.17) is 4.42 Å². The van der Waals surface area contributed by atoms with Crippen molar-refractivity contribution in [1.82, 2.24) is 0 Å². The summed E-state index contributed by atoms with van der Waals surface area (Å²) >= 11 is 1.96. The molecular formula is C32H44OS. The maximum Gasteiger partial charge on any atom is 0.134 e. The average Bonchev–Trinajstić information content (AvgIpc) is 3.27. The van der Waals surface area contributed by atoms with Crippen molar-refractivity contribution < 1.29 is 4.42 Å². The Morgan fingerprint density at radius 1 is 0.529 bits per heavy atom. The predicted octanol–water partition coefficient (Wildman–Crippen LogP) is 10.5. The molecule has 0 aliphatic carbocycles. The number of hydrogen-bond donors (Lipinski definition) is 0. The van der Waals surface area contributed by atoms with Crippen LogP contribution in [-0.4, -0.2) is 0 Å². The van der Waals surface area contributed by atoms with Crippen molar-refractivity contribution in [3.63, 3.8) is 0 Å². The molecule has 0 bridgehead atoms. The van der Waals surface area contributed by atoms with Crippen LogP contribution in [0.15, 0.2) is 52.9 Å². The van der Waals surface area contributed by atoms with Crippen LogP contribution < -0.4 is 0 Å². The monoisotopic (exact) mass is 476 g/mol. The van der Waals surface area contributed by atoms with Crippen LogP contribution >= 0.6 is 11.3 Å². The summed E-state index contributed by atoms with van der Waals surface area (Å²) in [7, 11) is 0. The number of hydrogen-bond acceptors (Lipinski definition) is 2. The summed E-state index contributed by atoms with van der Waals surface area (Å²) in [5, 5.41) is 2.69. The highest BCUT2D eigenvalue weighted by atomic mass is 32.1.